The summed E-state index contributed by atoms with van der Waals surface area (Å²) in [6.07, 6.45) is 0. The van der Waals surface area contributed by atoms with Gasteiger partial charge in [-0.2, -0.15) is 0 Å². The van der Waals surface area contributed by atoms with Crippen LogP contribution in [0.4, 0.5) is 0 Å². The number of nitrogens with zero attached hydrogens (tertiary/aromatic N) is 1. The molecule has 0 aromatic rings. The molecule has 1 aliphatic heterocycles. The summed E-state index contributed by atoms with van der Waals surface area (Å²) in [5, 5.41) is 2.25. The number of hydrogen-bond donors (Lipinski definition) is 2. The lowest BCUT2D eigenvalue weighted by Crippen LogP contribution is -2.52. The van der Waals surface area contributed by atoms with Crippen LogP contribution in [-0.4, -0.2) is 42.9 Å². The van der Waals surface area contributed by atoms with Gasteiger partial charge in [-0.1, -0.05) is 6.92 Å². The first-order valence-corrected chi connectivity index (χ1v) is 4.37. The van der Waals surface area contributed by atoms with Gasteiger partial charge >= 0.3 is 0 Å². The van der Waals surface area contributed by atoms with E-state index in [4.69, 9.17) is 5.73 Å². The van der Waals surface area contributed by atoms with E-state index in [0.29, 0.717) is 32.1 Å². The molecule has 5 nitrogen and oxygen atoms in total. The quantitative estimate of drug-likeness (QED) is 0.527. The van der Waals surface area contributed by atoms with Crippen molar-refractivity contribution in [1.82, 2.24) is 10.2 Å². The highest BCUT2D eigenvalue weighted by Crippen LogP contribution is 2.00. The maximum atomic E-state index is 10.9. The van der Waals surface area contributed by atoms with Gasteiger partial charge in [0.1, 0.15) is 0 Å². The molecule has 0 aliphatic carbocycles. The maximum Gasteiger partial charge on any atom is 0.240 e. The number of rotatable bonds is 3. The number of piperazine rings is 1. The van der Waals surface area contributed by atoms with E-state index in [9.17, 15) is 9.59 Å². The molecule has 0 aromatic heterocycles. The summed E-state index contributed by atoms with van der Waals surface area (Å²) in [6.45, 7) is 3.88. The molecule has 1 unspecified atom stereocenters. The highest BCUT2D eigenvalue weighted by atomic mass is 16.2. The average Bonchev–Trinajstić information content (AvgIpc) is 2.02. The summed E-state index contributed by atoms with van der Waals surface area (Å²) in [4.78, 5) is 23.7. The summed E-state index contributed by atoms with van der Waals surface area (Å²) in [5.41, 5.74) is 5.45. The normalized spacial score (nSPS) is 21.4. The second-order valence-corrected chi connectivity index (χ2v) is 3.48. The van der Waals surface area contributed by atoms with Crippen molar-refractivity contribution >= 4 is 11.8 Å². The minimum absolute atomic E-state index is 0.222. The van der Waals surface area contributed by atoms with E-state index in [1.807, 2.05) is 11.8 Å². The Morgan fingerprint density at radius 2 is 2.00 bits per heavy atom. The van der Waals surface area contributed by atoms with Gasteiger partial charge in [-0.05, 0) is 12.5 Å². The van der Waals surface area contributed by atoms with Gasteiger partial charge < -0.3 is 5.73 Å². The number of amides is 2. The molecular weight excluding hydrogens is 170 g/mol. The van der Waals surface area contributed by atoms with Crippen molar-refractivity contribution in [3.63, 3.8) is 0 Å². The van der Waals surface area contributed by atoms with Crippen LogP contribution in [0.25, 0.3) is 0 Å². The SMILES string of the molecule is CC(CN)CN1CC(=O)NC(=O)C1. The summed E-state index contributed by atoms with van der Waals surface area (Å²) < 4.78 is 0. The molecular formula is C8H15N3O2. The topological polar surface area (TPSA) is 75.4 Å². The van der Waals surface area contributed by atoms with E-state index in [0.717, 1.165) is 0 Å². The molecule has 74 valence electrons. The van der Waals surface area contributed by atoms with Crippen LogP contribution in [0.15, 0.2) is 0 Å². The highest BCUT2D eigenvalue weighted by molar-refractivity contribution is 5.99. The lowest BCUT2D eigenvalue weighted by Gasteiger charge is -2.27. The smallest absolute Gasteiger partial charge is 0.240 e. The van der Waals surface area contributed by atoms with Gasteiger partial charge in [0.15, 0.2) is 0 Å². The lowest BCUT2D eigenvalue weighted by molar-refractivity contribution is -0.136. The molecule has 0 radical (unpaired) electrons. The monoisotopic (exact) mass is 185 g/mol. The van der Waals surface area contributed by atoms with E-state index >= 15 is 0 Å². The minimum atomic E-state index is -0.222. The van der Waals surface area contributed by atoms with Crippen molar-refractivity contribution < 1.29 is 9.59 Å². The molecule has 1 heterocycles. The van der Waals surface area contributed by atoms with Crippen molar-refractivity contribution in [2.75, 3.05) is 26.2 Å². The predicted octanol–water partition coefficient (Wildman–Crippen LogP) is -1.46. The van der Waals surface area contributed by atoms with Crippen LogP contribution in [0, 0.1) is 5.92 Å². The van der Waals surface area contributed by atoms with Crippen molar-refractivity contribution in [3.8, 4) is 0 Å². The van der Waals surface area contributed by atoms with Crippen molar-refractivity contribution in [2.24, 2.45) is 11.7 Å². The lowest BCUT2D eigenvalue weighted by atomic mass is 10.1. The van der Waals surface area contributed by atoms with E-state index in [1.54, 1.807) is 0 Å². The molecule has 1 fully saturated rings. The van der Waals surface area contributed by atoms with Crippen LogP contribution in [0.5, 0.6) is 0 Å². The van der Waals surface area contributed by atoms with Crippen molar-refractivity contribution in [3.05, 3.63) is 0 Å². The van der Waals surface area contributed by atoms with Gasteiger partial charge in [0, 0.05) is 6.54 Å². The van der Waals surface area contributed by atoms with Gasteiger partial charge in [-0.15, -0.1) is 0 Å². The number of imide groups is 1. The third kappa shape index (κ3) is 3.12. The van der Waals surface area contributed by atoms with Gasteiger partial charge in [0.05, 0.1) is 13.1 Å². The van der Waals surface area contributed by atoms with Crippen LogP contribution in [0.2, 0.25) is 0 Å². The molecule has 1 rings (SSSR count). The molecule has 13 heavy (non-hydrogen) atoms. The molecule has 1 saturated heterocycles. The first kappa shape index (κ1) is 10.1. The molecule has 0 bridgehead atoms. The van der Waals surface area contributed by atoms with E-state index in [2.05, 4.69) is 5.32 Å². The first-order valence-electron chi connectivity index (χ1n) is 4.37. The van der Waals surface area contributed by atoms with Crippen LogP contribution < -0.4 is 11.1 Å². The molecule has 0 saturated carbocycles. The Balaban J connectivity index is 2.41. The van der Waals surface area contributed by atoms with Crippen LogP contribution in [0.3, 0.4) is 0 Å². The first-order chi connectivity index (χ1) is 6.11. The van der Waals surface area contributed by atoms with E-state index in [-0.39, 0.29) is 11.8 Å². The fourth-order valence-electron chi connectivity index (χ4n) is 1.34. The summed E-state index contributed by atoms with van der Waals surface area (Å²) >= 11 is 0. The standard InChI is InChI=1S/C8H15N3O2/c1-6(2-9)3-11-4-7(12)10-8(13)5-11/h6H,2-5,9H2,1H3,(H,10,12,13). The Hall–Kier alpha value is -0.940. The van der Waals surface area contributed by atoms with Crippen molar-refractivity contribution in [1.29, 1.82) is 0 Å². The van der Waals surface area contributed by atoms with E-state index in [1.165, 1.54) is 0 Å². The van der Waals surface area contributed by atoms with Crippen LogP contribution in [-0.2, 0) is 9.59 Å². The molecule has 3 N–H and O–H groups in total. The number of nitrogens with one attached hydrogen (secondary N) is 1. The van der Waals surface area contributed by atoms with Gasteiger partial charge in [0.25, 0.3) is 0 Å². The Kier molecular flexibility index (Phi) is 3.39. The highest BCUT2D eigenvalue weighted by Gasteiger charge is 2.22. The minimum Gasteiger partial charge on any atom is -0.330 e. The predicted molar refractivity (Wildman–Crippen MR) is 47.8 cm³/mol. The van der Waals surface area contributed by atoms with Gasteiger partial charge in [-0.3, -0.25) is 19.8 Å². The molecule has 0 spiro atoms. The molecule has 5 heteroatoms. The second-order valence-electron chi connectivity index (χ2n) is 3.48. The molecule has 0 aromatic carbocycles. The van der Waals surface area contributed by atoms with Crippen LogP contribution >= 0.6 is 0 Å². The molecule has 1 atom stereocenters. The summed E-state index contributed by atoms with van der Waals surface area (Å²) in [5.74, 6) is -0.125. The van der Waals surface area contributed by atoms with E-state index < -0.39 is 0 Å². The zero-order chi connectivity index (χ0) is 9.84. The summed E-state index contributed by atoms with van der Waals surface area (Å²) in [7, 11) is 0. The maximum absolute atomic E-state index is 10.9. The fraction of sp³-hybridized carbons (Fsp3) is 0.750. The number of carbonyl (C=O) groups is 2. The largest absolute Gasteiger partial charge is 0.330 e. The van der Waals surface area contributed by atoms with Gasteiger partial charge in [0.2, 0.25) is 11.8 Å². The van der Waals surface area contributed by atoms with Crippen LogP contribution in [0.1, 0.15) is 6.92 Å². The Morgan fingerprint density at radius 1 is 1.46 bits per heavy atom. The zero-order valence-corrected chi connectivity index (χ0v) is 7.75. The number of carbonyl (C=O) groups excluding carboxylic acids is 2. The number of hydrogen-bond acceptors (Lipinski definition) is 4. The van der Waals surface area contributed by atoms with Gasteiger partial charge in [-0.25, -0.2) is 0 Å². The second kappa shape index (κ2) is 4.34. The van der Waals surface area contributed by atoms with Crippen molar-refractivity contribution in [2.45, 2.75) is 6.92 Å². The third-order valence-electron chi connectivity index (χ3n) is 1.99. The fourth-order valence-corrected chi connectivity index (χ4v) is 1.34. The third-order valence-corrected chi connectivity index (χ3v) is 1.99. The number of nitrogens with two attached hydrogens (primary N) is 1. The molecule has 2 amide bonds. The average molecular weight is 185 g/mol. The molecule has 1 aliphatic rings. The zero-order valence-electron chi connectivity index (χ0n) is 7.75. The summed E-state index contributed by atoms with van der Waals surface area (Å²) in [6, 6.07) is 0. The Bertz CT molecular complexity index is 201. The Morgan fingerprint density at radius 3 is 2.46 bits per heavy atom. The Labute approximate surface area is 77.3 Å².